The van der Waals surface area contributed by atoms with Gasteiger partial charge in [0.15, 0.2) is 5.11 Å². The predicted molar refractivity (Wildman–Crippen MR) is 88.8 cm³/mol. The molecule has 2 rings (SSSR count). The summed E-state index contributed by atoms with van der Waals surface area (Å²) >= 11 is 5.26. The minimum atomic E-state index is 0.622. The molecule has 0 radical (unpaired) electrons. The normalized spacial score (nSPS) is 10.2. The number of benzene rings is 1. The molecule has 0 aliphatic heterocycles. The molecule has 0 aliphatic carbocycles. The van der Waals surface area contributed by atoms with Crippen LogP contribution in [0.5, 0.6) is 5.75 Å². The van der Waals surface area contributed by atoms with Crippen molar-refractivity contribution < 1.29 is 4.74 Å². The monoisotopic (exact) mass is 304 g/mol. The van der Waals surface area contributed by atoms with Crippen LogP contribution in [-0.2, 0) is 6.54 Å². The first-order valence-corrected chi connectivity index (χ1v) is 7.27. The lowest BCUT2D eigenvalue weighted by atomic mass is 10.3. The first kappa shape index (κ1) is 15.3. The summed E-state index contributed by atoms with van der Waals surface area (Å²) in [6.45, 7) is 3.68. The number of hydrogen-bond acceptors (Lipinski definition) is 3. The lowest BCUT2D eigenvalue weighted by molar-refractivity contribution is 0.415. The van der Waals surface area contributed by atoms with E-state index < -0.39 is 0 Å². The van der Waals surface area contributed by atoms with Gasteiger partial charge >= 0.3 is 0 Å². The Labute approximate surface area is 130 Å². The Hall–Kier alpha value is -2.08. The van der Waals surface area contributed by atoms with Crippen LogP contribution in [0.25, 0.3) is 0 Å². The zero-order chi connectivity index (χ0) is 15.1. The third-order valence-electron chi connectivity index (χ3n) is 2.97. The Morgan fingerprint density at radius 3 is 2.67 bits per heavy atom. The summed E-state index contributed by atoms with van der Waals surface area (Å²) in [6, 6.07) is 9.65. The maximum atomic E-state index is 5.26. The Morgan fingerprint density at radius 2 is 2.05 bits per heavy atom. The van der Waals surface area contributed by atoms with E-state index in [9.17, 15) is 0 Å². The molecule has 0 spiro atoms. The molecule has 2 aromatic rings. The molecule has 2 N–H and O–H groups in total. The number of aryl methyl sites for hydroxylation is 2. The van der Waals surface area contributed by atoms with Crippen LogP contribution in [0, 0.1) is 6.92 Å². The molecule has 0 fully saturated rings. The highest BCUT2D eigenvalue weighted by atomic mass is 32.1. The number of nitrogens with zero attached hydrogens (tertiary/aromatic N) is 2. The molecule has 0 unspecified atom stereocenters. The van der Waals surface area contributed by atoms with Crippen LogP contribution in [-0.4, -0.2) is 28.5 Å². The lowest BCUT2D eigenvalue weighted by Crippen LogP contribution is -2.29. The number of ether oxygens (including phenoxy) is 1. The number of nitrogens with one attached hydrogen (secondary N) is 2. The highest BCUT2D eigenvalue weighted by molar-refractivity contribution is 7.80. The fourth-order valence-electron chi connectivity index (χ4n) is 1.88. The van der Waals surface area contributed by atoms with Crippen molar-refractivity contribution in [1.29, 1.82) is 0 Å². The Bertz CT molecular complexity index is 580. The number of hydrogen-bond donors (Lipinski definition) is 2. The van der Waals surface area contributed by atoms with Gasteiger partial charge in [-0.3, -0.25) is 4.68 Å². The van der Waals surface area contributed by atoms with Gasteiger partial charge in [0.1, 0.15) is 5.75 Å². The van der Waals surface area contributed by atoms with Gasteiger partial charge in [0.25, 0.3) is 0 Å². The second-order valence-corrected chi connectivity index (χ2v) is 5.09. The number of methoxy groups -OCH3 is 1. The molecule has 5 nitrogen and oxygen atoms in total. The smallest absolute Gasteiger partial charge is 0.170 e. The zero-order valence-electron chi connectivity index (χ0n) is 12.3. The van der Waals surface area contributed by atoms with Crippen molar-refractivity contribution in [2.75, 3.05) is 19.0 Å². The maximum absolute atomic E-state index is 5.26. The van der Waals surface area contributed by atoms with E-state index in [0.717, 1.165) is 36.6 Å². The maximum Gasteiger partial charge on any atom is 0.170 e. The number of rotatable bonds is 6. The second kappa shape index (κ2) is 7.64. The average molecular weight is 304 g/mol. The predicted octanol–water partition coefficient (Wildman–Crippen LogP) is 2.58. The van der Waals surface area contributed by atoms with E-state index in [2.05, 4.69) is 15.7 Å². The molecule has 0 atom stereocenters. The standard InChI is InChI=1S/C15H20N4OS/c1-12-8-11-19(18-12)10-3-9-16-15(21)17-13-4-6-14(20-2)7-5-13/h4-8,11H,3,9-10H2,1-2H3,(H2,16,17,21). The van der Waals surface area contributed by atoms with E-state index >= 15 is 0 Å². The molecule has 6 heteroatoms. The number of anilines is 1. The van der Waals surface area contributed by atoms with E-state index in [-0.39, 0.29) is 0 Å². The summed E-state index contributed by atoms with van der Waals surface area (Å²) in [5, 5.41) is 11.3. The highest BCUT2D eigenvalue weighted by Crippen LogP contribution is 2.14. The van der Waals surface area contributed by atoms with Gasteiger partial charge in [-0.15, -0.1) is 0 Å². The van der Waals surface area contributed by atoms with Crippen LogP contribution in [0.1, 0.15) is 12.1 Å². The van der Waals surface area contributed by atoms with E-state index in [4.69, 9.17) is 17.0 Å². The van der Waals surface area contributed by atoms with Crippen molar-refractivity contribution >= 4 is 23.0 Å². The number of thiocarbonyl (C=S) groups is 1. The van der Waals surface area contributed by atoms with Crippen molar-refractivity contribution in [1.82, 2.24) is 15.1 Å². The topological polar surface area (TPSA) is 51.1 Å². The summed E-state index contributed by atoms with van der Waals surface area (Å²) in [7, 11) is 1.65. The van der Waals surface area contributed by atoms with Crippen molar-refractivity contribution in [3.63, 3.8) is 0 Å². The molecule has 0 saturated carbocycles. The van der Waals surface area contributed by atoms with Crippen LogP contribution in [0.4, 0.5) is 5.69 Å². The molecule has 0 bridgehead atoms. The van der Waals surface area contributed by atoms with Crippen molar-refractivity contribution in [3.05, 3.63) is 42.2 Å². The SMILES string of the molecule is COc1ccc(NC(=S)NCCCn2ccc(C)n2)cc1. The second-order valence-electron chi connectivity index (χ2n) is 4.68. The highest BCUT2D eigenvalue weighted by Gasteiger charge is 1.99. The quantitative estimate of drug-likeness (QED) is 0.634. The summed E-state index contributed by atoms with van der Waals surface area (Å²) in [6.07, 6.45) is 2.95. The van der Waals surface area contributed by atoms with Gasteiger partial charge in [-0.05, 0) is 55.9 Å². The summed E-state index contributed by atoms with van der Waals surface area (Å²) in [5.74, 6) is 0.828. The van der Waals surface area contributed by atoms with E-state index in [1.165, 1.54) is 0 Å². The van der Waals surface area contributed by atoms with E-state index in [1.54, 1.807) is 7.11 Å². The molecular weight excluding hydrogens is 284 g/mol. The van der Waals surface area contributed by atoms with Gasteiger partial charge in [0, 0.05) is 25.0 Å². The minimum Gasteiger partial charge on any atom is -0.497 e. The Kier molecular flexibility index (Phi) is 5.57. The lowest BCUT2D eigenvalue weighted by Gasteiger charge is -2.11. The van der Waals surface area contributed by atoms with Crippen molar-refractivity contribution in [3.8, 4) is 5.75 Å². The molecule has 1 aromatic heterocycles. The van der Waals surface area contributed by atoms with E-state index in [1.807, 2.05) is 48.1 Å². The van der Waals surface area contributed by atoms with Gasteiger partial charge in [-0.25, -0.2) is 0 Å². The van der Waals surface area contributed by atoms with Crippen molar-refractivity contribution in [2.45, 2.75) is 19.9 Å². The molecule has 0 aliphatic rings. The van der Waals surface area contributed by atoms with Crippen LogP contribution in [0.3, 0.4) is 0 Å². The zero-order valence-corrected chi connectivity index (χ0v) is 13.1. The largest absolute Gasteiger partial charge is 0.497 e. The fourth-order valence-corrected chi connectivity index (χ4v) is 2.10. The molecule has 21 heavy (non-hydrogen) atoms. The molecule has 1 aromatic carbocycles. The molecule has 0 amide bonds. The Balaban J connectivity index is 1.67. The number of aromatic nitrogens is 2. The molecule has 0 saturated heterocycles. The third kappa shape index (κ3) is 5.07. The molecule has 112 valence electrons. The molecule has 1 heterocycles. The van der Waals surface area contributed by atoms with Crippen molar-refractivity contribution in [2.24, 2.45) is 0 Å². The fraction of sp³-hybridized carbons (Fsp3) is 0.333. The van der Waals surface area contributed by atoms with Gasteiger partial charge in [-0.1, -0.05) is 0 Å². The van der Waals surface area contributed by atoms with Gasteiger partial charge in [0.2, 0.25) is 0 Å². The Morgan fingerprint density at radius 1 is 1.29 bits per heavy atom. The summed E-state index contributed by atoms with van der Waals surface area (Å²) in [5.41, 5.74) is 1.98. The van der Waals surface area contributed by atoms with Crippen LogP contribution in [0.2, 0.25) is 0 Å². The molecular formula is C15H20N4OS. The van der Waals surface area contributed by atoms with E-state index in [0.29, 0.717) is 5.11 Å². The minimum absolute atomic E-state index is 0.622. The van der Waals surface area contributed by atoms with Crippen LogP contribution >= 0.6 is 12.2 Å². The van der Waals surface area contributed by atoms with Gasteiger partial charge < -0.3 is 15.4 Å². The summed E-state index contributed by atoms with van der Waals surface area (Å²) in [4.78, 5) is 0. The average Bonchev–Trinajstić information content (AvgIpc) is 2.90. The van der Waals surface area contributed by atoms with Crippen LogP contribution in [0.15, 0.2) is 36.5 Å². The first-order valence-electron chi connectivity index (χ1n) is 6.86. The van der Waals surface area contributed by atoms with Gasteiger partial charge in [-0.2, -0.15) is 5.10 Å². The van der Waals surface area contributed by atoms with Gasteiger partial charge in [0.05, 0.1) is 12.8 Å². The van der Waals surface area contributed by atoms with Crippen LogP contribution < -0.4 is 15.4 Å². The third-order valence-corrected chi connectivity index (χ3v) is 3.22. The first-order chi connectivity index (χ1) is 10.2. The summed E-state index contributed by atoms with van der Waals surface area (Å²) < 4.78 is 7.05.